The highest BCUT2D eigenvalue weighted by molar-refractivity contribution is 5.88. The van der Waals surface area contributed by atoms with Crippen molar-refractivity contribution in [2.75, 3.05) is 11.9 Å². The van der Waals surface area contributed by atoms with Gasteiger partial charge in [0, 0.05) is 18.2 Å². The summed E-state index contributed by atoms with van der Waals surface area (Å²) in [7, 11) is 0. The SMILES string of the molecule is CC(=O)Nc1cccc(C(N)COC(=O)NC(C)(C)C)c1. The molecule has 116 valence electrons. The molecule has 1 aromatic carbocycles. The molecule has 0 radical (unpaired) electrons. The Kier molecular flexibility index (Phi) is 5.72. The van der Waals surface area contributed by atoms with Gasteiger partial charge >= 0.3 is 6.09 Å². The average molecular weight is 293 g/mol. The van der Waals surface area contributed by atoms with Gasteiger partial charge in [0.1, 0.15) is 6.61 Å². The zero-order chi connectivity index (χ0) is 16.0. The molecule has 4 N–H and O–H groups in total. The zero-order valence-electron chi connectivity index (χ0n) is 12.9. The summed E-state index contributed by atoms with van der Waals surface area (Å²) in [6, 6.07) is 6.68. The number of carbonyl (C=O) groups excluding carboxylic acids is 2. The van der Waals surface area contributed by atoms with Crippen molar-refractivity contribution in [3.05, 3.63) is 29.8 Å². The molecule has 1 rings (SSSR count). The monoisotopic (exact) mass is 293 g/mol. The van der Waals surface area contributed by atoms with E-state index in [9.17, 15) is 9.59 Å². The number of rotatable bonds is 4. The molecule has 0 saturated heterocycles. The zero-order valence-corrected chi connectivity index (χ0v) is 12.9. The molecule has 0 aliphatic heterocycles. The second kappa shape index (κ2) is 7.08. The number of nitrogens with two attached hydrogens (primary N) is 1. The summed E-state index contributed by atoms with van der Waals surface area (Å²) < 4.78 is 5.09. The van der Waals surface area contributed by atoms with E-state index < -0.39 is 12.1 Å². The number of anilines is 1. The molecule has 0 spiro atoms. The van der Waals surface area contributed by atoms with Crippen LogP contribution in [0.2, 0.25) is 0 Å². The number of alkyl carbamates (subject to hydrolysis) is 1. The van der Waals surface area contributed by atoms with Gasteiger partial charge in [-0.1, -0.05) is 12.1 Å². The lowest BCUT2D eigenvalue weighted by atomic mass is 10.1. The van der Waals surface area contributed by atoms with Gasteiger partial charge in [0.05, 0.1) is 6.04 Å². The van der Waals surface area contributed by atoms with E-state index in [0.717, 1.165) is 5.56 Å². The van der Waals surface area contributed by atoms with Crippen LogP contribution in [0.15, 0.2) is 24.3 Å². The predicted octanol–water partition coefficient (Wildman–Crippen LogP) is 2.17. The molecule has 0 aliphatic rings. The lowest BCUT2D eigenvalue weighted by Crippen LogP contribution is -2.41. The second-order valence-corrected chi connectivity index (χ2v) is 5.89. The van der Waals surface area contributed by atoms with Gasteiger partial charge < -0.3 is 21.1 Å². The highest BCUT2D eigenvalue weighted by Crippen LogP contribution is 2.16. The fourth-order valence-corrected chi connectivity index (χ4v) is 1.65. The quantitative estimate of drug-likeness (QED) is 0.793. The number of nitrogens with one attached hydrogen (secondary N) is 2. The molecule has 1 unspecified atom stereocenters. The Bertz CT molecular complexity index is 509. The van der Waals surface area contributed by atoms with Crippen molar-refractivity contribution in [3.8, 4) is 0 Å². The summed E-state index contributed by atoms with van der Waals surface area (Å²) in [5.41, 5.74) is 7.08. The van der Waals surface area contributed by atoms with E-state index in [-0.39, 0.29) is 18.1 Å². The third kappa shape index (κ3) is 6.76. The minimum Gasteiger partial charge on any atom is -0.448 e. The summed E-state index contributed by atoms with van der Waals surface area (Å²) in [4.78, 5) is 22.6. The molecule has 0 aliphatic carbocycles. The topological polar surface area (TPSA) is 93.5 Å². The number of hydrogen-bond acceptors (Lipinski definition) is 4. The van der Waals surface area contributed by atoms with E-state index in [1.165, 1.54) is 6.92 Å². The average Bonchev–Trinajstić information content (AvgIpc) is 2.33. The first-order valence-corrected chi connectivity index (χ1v) is 6.75. The minimum atomic E-state index is -0.504. The minimum absolute atomic E-state index is 0.0610. The van der Waals surface area contributed by atoms with Crippen molar-refractivity contribution < 1.29 is 14.3 Å². The fourth-order valence-electron chi connectivity index (χ4n) is 1.65. The van der Waals surface area contributed by atoms with E-state index in [1.54, 1.807) is 18.2 Å². The molecular weight excluding hydrogens is 270 g/mol. The van der Waals surface area contributed by atoms with E-state index in [1.807, 2.05) is 26.8 Å². The van der Waals surface area contributed by atoms with Crippen LogP contribution >= 0.6 is 0 Å². The van der Waals surface area contributed by atoms with Crippen LogP contribution in [0, 0.1) is 0 Å². The van der Waals surface area contributed by atoms with Crippen LogP contribution in [0.1, 0.15) is 39.3 Å². The van der Waals surface area contributed by atoms with Gasteiger partial charge in [-0.25, -0.2) is 4.79 Å². The van der Waals surface area contributed by atoms with Gasteiger partial charge in [0.15, 0.2) is 0 Å². The van der Waals surface area contributed by atoms with Crippen molar-refractivity contribution in [2.45, 2.75) is 39.3 Å². The third-order valence-electron chi connectivity index (χ3n) is 2.51. The summed E-state index contributed by atoms with van der Waals surface area (Å²) >= 11 is 0. The van der Waals surface area contributed by atoms with Crippen LogP contribution in [-0.2, 0) is 9.53 Å². The van der Waals surface area contributed by atoms with Crippen LogP contribution in [-0.4, -0.2) is 24.1 Å². The van der Waals surface area contributed by atoms with E-state index in [0.29, 0.717) is 5.69 Å². The van der Waals surface area contributed by atoms with Gasteiger partial charge in [-0.15, -0.1) is 0 Å². The van der Waals surface area contributed by atoms with Gasteiger partial charge in [-0.2, -0.15) is 0 Å². The summed E-state index contributed by atoms with van der Waals surface area (Å²) in [6.45, 7) is 7.10. The van der Waals surface area contributed by atoms with Crippen LogP contribution in [0.3, 0.4) is 0 Å². The van der Waals surface area contributed by atoms with Gasteiger partial charge in [0.25, 0.3) is 0 Å². The van der Waals surface area contributed by atoms with Gasteiger partial charge in [0.2, 0.25) is 5.91 Å². The van der Waals surface area contributed by atoms with Crippen molar-refractivity contribution >= 4 is 17.7 Å². The van der Waals surface area contributed by atoms with Crippen molar-refractivity contribution in [1.82, 2.24) is 5.32 Å². The molecule has 0 heterocycles. The van der Waals surface area contributed by atoms with Crippen LogP contribution < -0.4 is 16.4 Å². The molecule has 2 amide bonds. The summed E-state index contributed by atoms with van der Waals surface area (Å²) in [5, 5.41) is 5.37. The smallest absolute Gasteiger partial charge is 0.407 e. The van der Waals surface area contributed by atoms with E-state index >= 15 is 0 Å². The molecule has 1 aromatic rings. The number of amides is 2. The van der Waals surface area contributed by atoms with Gasteiger partial charge in [-0.3, -0.25) is 4.79 Å². The van der Waals surface area contributed by atoms with Crippen LogP contribution in [0.4, 0.5) is 10.5 Å². The largest absolute Gasteiger partial charge is 0.448 e. The van der Waals surface area contributed by atoms with Crippen molar-refractivity contribution in [3.63, 3.8) is 0 Å². The van der Waals surface area contributed by atoms with E-state index in [2.05, 4.69) is 10.6 Å². The van der Waals surface area contributed by atoms with Crippen LogP contribution in [0.5, 0.6) is 0 Å². The molecule has 21 heavy (non-hydrogen) atoms. The number of ether oxygens (including phenoxy) is 1. The predicted molar refractivity (Wildman–Crippen MR) is 81.9 cm³/mol. The molecular formula is C15H23N3O3. The third-order valence-corrected chi connectivity index (χ3v) is 2.51. The van der Waals surface area contributed by atoms with E-state index in [4.69, 9.17) is 10.5 Å². The second-order valence-electron chi connectivity index (χ2n) is 5.89. The summed E-state index contributed by atoms with van der Waals surface area (Å²) in [6.07, 6.45) is -0.504. The Morgan fingerprint density at radius 3 is 2.57 bits per heavy atom. The first-order chi connectivity index (χ1) is 9.67. The first kappa shape index (κ1) is 17.0. The summed E-state index contributed by atoms with van der Waals surface area (Å²) in [5.74, 6) is -0.151. The standard InChI is InChI=1S/C15H23N3O3/c1-10(19)17-12-7-5-6-11(8-12)13(16)9-21-14(20)18-15(2,3)4/h5-8,13H,9,16H2,1-4H3,(H,17,19)(H,18,20). The van der Waals surface area contributed by atoms with Crippen LogP contribution in [0.25, 0.3) is 0 Å². The maximum atomic E-state index is 11.6. The van der Waals surface area contributed by atoms with Crippen molar-refractivity contribution in [1.29, 1.82) is 0 Å². The molecule has 6 nitrogen and oxygen atoms in total. The number of hydrogen-bond donors (Lipinski definition) is 3. The lowest BCUT2D eigenvalue weighted by Gasteiger charge is -2.21. The Morgan fingerprint density at radius 2 is 2.00 bits per heavy atom. The molecule has 6 heteroatoms. The normalized spacial score (nSPS) is 12.4. The molecule has 1 atom stereocenters. The number of carbonyl (C=O) groups is 2. The molecule has 0 bridgehead atoms. The Hall–Kier alpha value is -2.08. The maximum Gasteiger partial charge on any atom is 0.407 e. The number of benzene rings is 1. The molecule has 0 fully saturated rings. The van der Waals surface area contributed by atoms with Gasteiger partial charge in [-0.05, 0) is 38.5 Å². The fraction of sp³-hybridized carbons (Fsp3) is 0.467. The maximum absolute atomic E-state index is 11.6. The van der Waals surface area contributed by atoms with Crippen molar-refractivity contribution in [2.24, 2.45) is 5.73 Å². The molecule has 0 saturated carbocycles. The first-order valence-electron chi connectivity index (χ1n) is 6.75. The highest BCUT2D eigenvalue weighted by atomic mass is 16.5. The Labute approximate surface area is 125 Å². The lowest BCUT2D eigenvalue weighted by molar-refractivity contribution is -0.114. The molecule has 0 aromatic heterocycles. The Morgan fingerprint density at radius 1 is 1.33 bits per heavy atom. The highest BCUT2D eigenvalue weighted by Gasteiger charge is 2.16. The Balaban J connectivity index is 2.57.